The monoisotopic (exact) mass is 200 g/mol. The third-order valence-corrected chi connectivity index (χ3v) is 2.22. The molecule has 0 radical (unpaired) electrons. The molecule has 3 N–H and O–H groups in total. The van der Waals surface area contributed by atoms with Crippen LogP contribution in [0.3, 0.4) is 0 Å². The van der Waals surface area contributed by atoms with Gasteiger partial charge in [0.25, 0.3) is 0 Å². The quantitative estimate of drug-likeness (QED) is 0.246. The van der Waals surface area contributed by atoms with E-state index in [1.54, 1.807) is 12.3 Å². The summed E-state index contributed by atoms with van der Waals surface area (Å²) < 4.78 is 0. The second-order valence-electron chi connectivity index (χ2n) is 1.85. The van der Waals surface area contributed by atoms with Gasteiger partial charge in [-0.2, -0.15) is 0 Å². The fraction of sp³-hybridized carbons (Fsp3) is 0.167. The number of thioether (sulfide) groups is 2. The molecule has 0 fully saturated rings. The Bertz CT molecular complexity index is 289. The van der Waals surface area contributed by atoms with Gasteiger partial charge in [0.2, 0.25) is 0 Å². The van der Waals surface area contributed by atoms with Crippen LogP contribution >= 0.6 is 23.5 Å². The normalized spacial score (nSPS) is 9.75. The molecule has 0 saturated carbocycles. The van der Waals surface area contributed by atoms with Gasteiger partial charge in [-0.25, -0.2) is 9.97 Å². The summed E-state index contributed by atoms with van der Waals surface area (Å²) in [6.45, 7) is 0. The highest BCUT2D eigenvalue weighted by Gasteiger charge is 1.99. The smallest absolute Gasteiger partial charge is 0.188 e. The van der Waals surface area contributed by atoms with Gasteiger partial charge in [0.1, 0.15) is 5.03 Å². The fourth-order valence-corrected chi connectivity index (χ4v) is 1.49. The van der Waals surface area contributed by atoms with E-state index in [9.17, 15) is 0 Å². The zero-order valence-corrected chi connectivity index (χ0v) is 8.08. The minimum Gasteiger partial charge on any atom is -0.378 e. The lowest BCUT2D eigenvalue weighted by Gasteiger charge is -1.98. The van der Waals surface area contributed by atoms with Gasteiger partial charge in [0.05, 0.1) is 0 Å². The average molecular weight is 200 g/mol. The maximum absolute atomic E-state index is 7.03. The average Bonchev–Trinajstić information content (AvgIpc) is 2.03. The molecule has 0 saturated heterocycles. The maximum atomic E-state index is 7.03. The second kappa shape index (κ2) is 4.32. The topological polar surface area (TPSA) is 75.7 Å². The Morgan fingerprint density at radius 3 is 3.00 bits per heavy atom. The predicted molar refractivity (Wildman–Crippen MR) is 51.6 cm³/mol. The largest absolute Gasteiger partial charge is 0.378 e. The van der Waals surface area contributed by atoms with Gasteiger partial charge in [-0.3, -0.25) is 5.41 Å². The molecule has 0 unspecified atom stereocenters. The van der Waals surface area contributed by atoms with Crippen molar-refractivity contribution in [1.82, 2.24) is 9.97 Å². The van der Waals surface area contributed by atoms with Crippen molar-refractivity contribution in [2.45, 2.75) is 10.2 Å². The highest BCUT2D eigenvalue weighted by Crippen LogP contribution is 2.16. The summed E-state index contributed by atoms with van der Waals surface area (Å²) >= 11 is 2.59. The molecule has 0 spiro atoms. The van der Waals surface area contributed by atoms with E-state index >= 15 is 0 Å². The van der Waals surface area contributed by atoms with Gasteiger partial charge in [-0.15, -0.1) is 0 Å². The number of aromatic nitrogens is 2. The Labute approximate surface area is 78.9 Å². The third kappa shape index (κ3) is 2.71. The van der Waals surface area contributed by atoms with Crippen LogP contribution < -0.4 is 5.73 Å². The lowest BCUT2D eigenvalue weighted by molar-refractivity contribution is 0.895. The molecule has 0 bridgehead atoms. The molecule has 1 rings (SSSR count). The zero-order valence-electron chi connectivity index (χ0n) is 6.44. The summed E-state index contributed by atoms with van der Waals surface area (Å²) in [6, 6.07) is 1.73. The van der Waals surface area contributed by atoms with Crippen LogP contribution in [0.25, 0.3) is 0 Å². The Kier molecular flexibility index (Phi) is 3.36. The summed E-state index contributed by atoms with van der Waals surface area (Å²) in [5, 5.41) is 8.48. The highest BCUT2D eigenvalue weighted by molar-refractivity contribution is 8.13. The van der Waals surface area contributed by atoms with Crippen molar-refractivity contribution in [2.75, 3.05) is 6.26 Å². The van der Waals surface area contributed by atoms with Crippen molar-refractivity contribution in [2.24, 2.45) is 5.73 Å². The molecular weight excluding hydrogens is 192 g/mol. The SMILES string of the molecule is CSc1nccc(SC(=N)N)n1. The number of hydrogen-bond donors (Lipinski definition) is 2. The molecule has 0 atom stereocenters. The van der Waals surface area contributed by atoms with E-state index in [0.717, 1.165) is 11.8 Å². The first-order valence-corrected chi connectivity index (χ1v) is 5.15. The van der Waals surface area contributed by atoms with Crippen molar-refractivity contribution in [3.05, 3.63) is 12.3 Å². The molecule has 1 heterocycles. The molecule has 0 aliphatic heterocycles. The Morgan fingerprint density at radius 2 is 2.42 bits per heavy atom. The lowest BCUT2D eigenvalue weighted by Crippen LogP contribution is -2.03. The van der Waals surface area contributed by atoms with E-state index in [0.29, 0.717) is 10.2 Å². The van der Waals surface area contributed by atoms with Crippen molar-refractivity contribution in [1.29, 1.82) is 5.41 Å². The first kappa shape index (κ1) is 9.34. The summed E-state index contributed by atoms with van der Waals surface area (Å²) in [7, 11) is 0. The summed E-state index contributed by atoms with van der Waals surface area (Å²) in [5.74, 6) is 0. The van der Waals surface area contributed by atoms with E-state index < -0.39 is 0 Å². The molecule has 1 aromatic rings. The van der Waals surface area contributed by atoms with Crippen LogP contribution in [0.5, 0.6) is 0 Å². The number of rotatable bonds is 2. The number of hydrogen-bond acceptors (Lipinski definition) is 5. The lowest BCUT2D eigenvalue weighted by atomic mass is 10.7. The van der Waals surface area contributed by atoms with Crippen molar-refractivity contribution >= 4 is 28.7 Å². The van der Waals surface area contributed by atoms with Crippen LogP contribution in [-0.4, -0.2) is 21.4 Å². The van der Waals surface area contributed by atoms with Gasteiger partial charge in [-0.1, -0.05) is 11.8 Å². The van der Waals surface area contributed by atoms with Crippen LogP contribution in [0.2, 0.25) is 0 Å². The van der Waals surface area contributed by atoms with Crippen LogP contribution in [-0.2, 0) is 0 Å². The van der Waals surface area contributed by atoms with E-state index in [1.165, 1.54) is 11.8 Å². The number of nitrogens with zero attached hydrogens (tertiary/aromatic N) is 2. The molecular formula is C6H8N4S2. The van der Waals surface area contributed by atoms with Gasteiger partial charge in [0, 0.05) is 6.20 Å². The van der Waals surface area contributed by atoms with Gasteiger partial charge in [-0.05, 0) is 24.1 Å². The van der Waals surface area contributed by atoms with E-state index in [-0.39, 0.29) is 5.17 Å². The number of amidine groups is 1. The number of nitrogens with two attached hydrogens (primary N) is 1. The van der Waals surface area contributed by atoms with Gasteiger partial charge >= 0.3 is 0 Å². The standard InChI is InChI=1S/C6H8N4S2/c1-11-6-9-3-2-4(10-6)12-5(7)8/h2-3H,1H3,(H3,7,8). The van der Waals surface area contributed by atoms with E-state index in [4.69, 9.17) is 11.1 Å². The van der Waals surface area contributed by atoms with Crippen molar-refractivity contribution in [3.8, 4) is 0 Å². The van der Waals surface area contributed by atoms with Gasteiger partial charge in [0.15, 0.2) is 10.3 Å². The molecule has 0 aromatic carbocycles. The highest BCUT2D eigenvalue weighted by atomic mass is 32.2. The predicted octanol–water partition coefficient (Wildman–Crippen LogP) is 1.18. The molecule has 6 heteroatoms. The Balaban J connectivity index is 2.79. The maximum Gasteiger partial charge on any atom is 0.188 e. The fourth-order valence-electron chi connectivity index (χ4n) is 0.593. The van der Waals surface area contributed by atoms with E-state index in [1.807, 2.05) is 6.26 Å². The van der Waals surface area contributed by atoms with Crippen molar-refractivity contribution < 1.29 is 0 Å². The van der Waals surface area contributed by atoms with Crippen LogP contribution in [0.4, 0.5) is 0 Å². The van der Waals surface area contributed by atoms with Crippen molar-refractivity contribution in [3.63, 3.8) is 0 Å². The molecule has 0 aliphatic carbocycles. The zero-order chi connectivity index (χ0) is 8.97. The molecule has 1 aromatic heterocycles. The van der Waals surface area contributed by atoms with Crippen LogP contribution in [0.15, 0.2) is 22.4 Å². The minimum atomic E-state index is 0.0424. The first-order valence-electron chi connectivity index (χ1n) is 3.11. The second-order valence-corrected chi connectivity index (χ2v) is 3.68. The van der Waals surface area contributed by atoms with Gasteiger partial charge < -0.3 is 5.73 Å². The van der Waals surface area contributed by atoms with E-state index in [2.05, 4.69) is 9.97 Å². The summed E-state index contributed by atoms with van der Waals surface area (Å²) in [5.41, 5.74) is 5.20. The number of nitrogens with one attached hydrogen (secondary N) is 1. The minimum absolute atomic E-state index is 0.0424. The molecule has 4 nitrogen and oxygen atoms in total. The molecule has 0 aliphatic rings. The summed E-state index contributed by atoms with van der Waals surface area (Å²) in [6.07, 6.45) is 3.56. The van der Waals surface area contributed by atoms with Crippen LogP contribution in [0, 0.1) is 5.41 Å². The third-order valence-electron chi connectivity index (χ3n) is 1.01. The first-order chi connectivity index (χ1) is 5.72. The Morgan fingerprint density at radius 1 is 1.67 bits per heavy atom. The molecule has 0 amide bonds. The molecule has 64 valence electrons. The Hall–Kier alpha value is -0.750. The van der Waals surface area contributed by atoms with Crippen LogP contribution in [0.1, 0.15) is 0 Å². The molecule has 12 heavy (non-hydrogen) atoms. The summed E-state index contributed by atoms with van der Waals surface area (Å²) in [4.78, 5) is 8.12.